The van der Waals surface area contributed by atoms with Gasteiger partial charge < -0.3 is 15.2 Å². The summed E-state index contributed by atoms with van der Waals surface area (Å²) in [5.41, 5.74) is -1.11. The number of aryl methyl sites for hydroxylation is 1. The molecule has 0 saturated heterocycles. The second kappa shape index (κ2) is 12.1. The minimum atomic E-state index is -4.64. The van der Waals surface area contributed by atoms with Crippen LogP contribution >= 0.6 is 24.0 Å². The van der Waals surface area contributed by atoms with E-state index >= 15 is 0 Å². The van der Waals surface area contributed by atoms with Crippen LogP contribution in [0.4, 0.5) is 17.6 Å². The molecular formula is C19H26F4IN5O. The zero-order valence-corrected chi connectivity index (χ0v) is 19.3. The van der Waals surface area contributed by atoms with Crippen LogP contribution in [-0.2, 0) is 19.1 Å². The predicted molar refractivity (Wildman–Crippen MR) is 116 cm³/mol. The Morgan fingerprint density at radius 2 is 1.97 bits per heavy atom. The molecular weight excluding hydrogens is 517 g/mol. The monoisotopic (exact) mass is 543 g/mol. The quantitative estimate of drug-likeness (QED) is 0.167. The molecule has 1 heterocycles. The Labute approximate surface area is 189 Å². The van der Waals surface area contributed by atoms with Gasteiger partial charge in [-0.05, 0) is 31.0 Å². The van der Waals surface area contributed by atoms with Gasteiger partial charge in [-0.2, -0.15) is 18.2 Å². The molecule has 0 fully saturated rings. The Hall–Kier alpha value is -1.92. The fourth-order valence-electron chi connectivity index (χ4n) is 2.51. The van der Waals surface area contributed by atoms with Crippen molar-refractivity contribution in [3.63, 3.8) is 0 Å². The first-order valence-electron chi connectivity index (χ1n) is 9.41. The van der Waals surface area contributed by atoms with Gasteiger partial charge in [-0.15, -0.1) is 24.0 Å². The molecule has 2 aromatic rings. The highest BCUT2D eigenvalue weighted by Crippen LogP contribution is 2.32. The molecule has 0 aliphatic rings. The summed E-state index contributed by atoms with van der Waals surface area (Å²) in [5, 5.41) is 9.92. The van der Waals surface area contributed by atoms with Gasteiger partial charge in [-0.3, -0.25) is 0 Å². The number of aromatic nitrogens is 2. The molecule has 11 heteroatoms. The standard InChI is InChI=1S/C19H25F4N5O.HI/c1-4-24-18(25-9-5-6-16-27-17(12(2)3)28-29-16)26-11-13-7-8-14(20)10-15(13)19(21,22)23;/h7-8,10,12H,4-6,9,11H2,1-3H3,(H2,24,25,26);1H. The number of halogens is 5. The fourth-order valence-corrected chi connectivity index (χ4v) is 2.51. The Bertz CT molecular complexity index is 823. The summed E-state index contributed by atoms with van der Waals surface area (Å²) < 4.78 is 57.7. The van der Waals surface area contributed by atoms with Gasteiger partial charge in [0.1, 0.15) is 5.82 Å². The predicted octanol–water partition coefficient (Wildman–Crippen LogP) is 4.66. The molecule has 0 saturated carbocycles. The largest absolute Gasteiger partial charge is 0.416 e. The lowest BCUT2D eigenvalue weighted by atomic mass is 10.1. The Morgan fingerprint density at radius 1 is 1.23 bits per heavy atom. The molecule has 0 spiro atoms. The van der Waals surface area contributed by atoms with Crippen molar-refractivity contribution in [2.45, 2.75) is 52.3 Å². The van der Waals surface area contributed by atoms with Crippen molar-refractivity contribution in [2.24, 2.45) is 4.99 Å². The number of alkyl halides is 3. The van der Waals surface area contributed by atoms with E-state index in [1.54, 1.807) is 0 Å². The number of benzene rings is 1. The molecule has 6 nitrogen and oxygen atoms in total. The van der Waals surface area contributed by atoms with Gasteiger partial charge in [0.25, 0.3) is 0 Å². The SMILES string of the molecule is CCNC(=NCc1ccc(F)cc1C(F)(F)F)NCCCc1nc(C(C)C)no1.I. The molecule has 0 unspecified atom stereocenters. The number of hydrogen-bond acceptors (Lipinski definition) is 4. The van der Waals surface area contributed by atoms with Gasteiger partial charge in [0.15, 0.2) is 11.8 Å². The van der Waals surface area contributed by atoms with Crippen molar-refractivity contribution in [1.29, 1.82) is 0 Å². The van der Waals surface area contributed by atoms with Gasteiger partial charge >= 0.3 is 6.18 Å². The Kier molecular flexibility index (Phi) is 10.5. The molecule has 2 N–H and O–H groups in total. The fraction of sp³-hybridized carbons (Fsp3) is 0.526. The lowest BCUT2D eigenvalue weighted by Gasteiger charge is -2.13. The van der Waals surface area contributed by atoms with Gasteiger partial charge in [0, 0.05) is 25.4 Å². The topological polar surface area (TPSA) is 75.3 Å². The molecule has 0 radical (unpaired) electrons. The van der Waals surface area contributed by atoms with Gasteiger partial charge in [-0.1, -0.05) is 25.1 Å². The van der Waals surface area contributed by atoms with Crippen LogP contribution in [0.5, 0.6) is 0 Å². The van der Waals surface area contributed by atoms with E-state index in [1.807, 2.05) is 20.8 Å². The van der Waals surface area contributed by atoms with E-state index in [9.17, 15) is 17.6 Å². The molecule has 2 rings (SSSR count). The van der Waals surface area contributed by atoms with E-state index in [0.29, 0.717) is 49.7 Å². The van der Waals surface area contributed by atoms with E-state index < -0.39 is 17.6 Å². The normalized spacial score (nSPS) is 12.1. The van der Waals surface area contributed by atoms with Crippen LogP contribution in [0.1, 0.15) is 56.0 Å². The van der Waals surface area contributed by atoms with Crippen LogP contribution < -0.4 is 10.6 Å². The van der Waals surface area contributed by atoms with Crippen LogP contribution in [0.15, 0.2) is 27.7 Å². The zero-order chi connectivity index (χ0) is 21.4. The number of nitrogens with one attached hydrogen (secondary N) is 2. The molecule has 1 aromatic carbocycles. The van der Waals surface area contributed by atoms with Crippen LogP contribution in [0, 0.1) is 5.82 Å². The van der Waals surface area contributed by atoms with Crippen LogP contribution in [-0.4, -0.2) is 29.2 Å². The number of hydrogen-bond donors (Lipinski definition) is 2. The molecule has 168 valence electrons. The maximum Gasteiger partial charge on any atom is 0.416 e. The minimum absolute atomic E-state index is 0. The number of guanidine groups is 1. The average Bonchev–Trinajstić information content (AvgIpc) is 3.12. The van der Waals surface area contributed by atoms with Crippen molar-refractivity contribution in [3.8, 4) is 0 Å². The number of aliphatic imine (C=N–C) groups is 1. The minimum Gasteiger partial charge on any atom is -0.357 e. The first-order valence-corrected chi connectivity index (χ1v) is 9.41. The van der Waals surface area contributed by atoms with Crippen molar-refractivity contribution < 1.29 is 22.1 Å². The Balaban J connectivity index is 0.00000450. The van der Waals surface area contributed by atoms with Crippen molar-refractivity contribution in [3.05, 3.63) is 46.9 Å². The van der Waals surface area contributed by atoms with Gasteiger partial charge in [0.05, 0.1) is 12.1 Å². The maximum atomic E-state index is 13.2. The lowest BCUT2D eigenvalue weighted by Crippen LogP contribution is -2.37. The highest BCUT2D eigenvalue weighted by Gasteiger charge is 2.33. The third-order valence-electron chi connectivity index (χ3n) is 3.99. The summed E-state index contributed by atoms with van der Waals surface area (Å²) in [4.78, 5) is 8.47. The molecule has 0 aliphatic heterocycles. The van der Waals surface area contributed by atoms with Crippen LogP contribution in [0.25, 0.3) is 0 Å². The van der Waals surface area contributed by atoms with Gasteiger partial charge in [0.2, 0.25) is 5.89 Å². The molecule has 0 atom stereocenters. The summed E-state index contributed by atoms with van der Waals surface area (Å²) in [5.74, 6) is 0.822. The molecule has 0 bridgehead atoms. The van der Waals surface area contributed by atoms with E-state index in [1.165, 1.54) is 0 Å². The highest BCUT2D eigenvalue weighted by molar-refractivity contribution is 14.0. The van der Waals surface area contributed by atoms with E-state index in [2.05, 4.69) is 25.8 Å². The molecule has 0 amide bonds. The van der Waals surface area contributed by atoms with Crippen molar-refractivity contribution >= 4 is 29.9 Å². The first kappa shape index (κ1) is 26.1. The Morgan fingerprint density at radius 3 is 2.57 bits per heavy atom. The van der Waals surface area contributed by atoms with Gasteiger partial charge in [-0.25, -0.2) is 9.38 Å². The maximum absolute atomic E-state index is 13.2. The third-order valence-corrected chi connectivity index (χ3v) is 3.99. The summed E-state index contributed by atoms with van der Waals surface area (Å²) in [6.07, 6.45) is -3.39. The van der Waals surface area contributed by atoms with E-state index in [0.717, 1.165) is 12.1 Å². The van der Waals surface area contributed by atoms with Crippen LogP contribution in [0.3, 0.4) is 0 Å². The lowest BCUT2D eigenvalue weighted by molar-refractivity contribution is -0.138. The molecule has 0 aliphatic carbocycles. The summed E-state index contributed by atoms with van der Waals surface area (Å²) in [6, 6.07) is 2.59. The molecule has 1 aromatic heterocycles. The third kappa shape index (κ3) is 8.07. The number of rotatable bonds is 8. The molecule has 30 heavy (non-hydrogen) atoms. The second-order valence-corrected chi connectivity index (χ2v) is 6.73. The van der Waals surface area contributed by atoms with E-state index in [-0.39, 0.29) is 42.0 Å². The first-order chi connectivity index (χ1) is 13.7. The van der Waals surface area contributed by atoms with Crippen LogP contribution in [0.2, 0.25) is 0 Å². The summed E-state index contributed by atoms with van der Waals surface area (Å²) >= 11 is 0. The summed E-state index contributed by atoms with van der Waals surface area (Å²) in [6.45, 7) is 6.62. The smallest absolute Gasteiger partial charge is 0.357 e. The van der Waals surface area contributed by atoms with E-state index in [4.69, 9.17) is 4.52 Å². The van der Waals surface area contributed by atoms with Crippen molar-refractivity contribution in [1.82, 2.24) is 20.8 Å². The number of nitrogens with zero attached hydrogens (tertiary/aromatic N) is 3. The second-order valence-electron chi connectivity index (χ2n) is 6.73. The highest BCUT2D eigenvalue weighted by atomic mass is 127. The van der Waals surface area contributed by atoms with Crippen molar-refractivity contribution in [2.75, 3.05) is 13.1 Å². The summed E-state index contributed by atoms with van der Waals surface area (Å²) in [7, 11) is 0. The zero-order valence-electron chi connectivity index (χ0n) is 17.0. The average molecular weight is 543 g/mol.